The third-order valence-corrected chi connectivity index (χ3v) is 5.68. The maximum absolute atomic E-state index is 12.5. The maximum Gasteiger partial charge on any atom is 0.263 e. The molecule has 27 heavy (non-hydrogen) atoms. The summed E-state index contributed by atoms with van der Waals surface area (Å²) in [5.74, 6) is 0.0600. The quantitative estimate of drug-likeness (QED) is 0.745. The fourth-order valence-electron chi connectivity index (χ4n) is 2.92. The topological polar surface area (TPSA) is 75.7 Å². The molecule has 0 radical (unpaired) electrons. The minimum atomic E-state index is -3.51. The van der Waals surface area contributed by atoms with Crippen LogP contribution in [0.15, 0.2) is 48.5 Å². The van der Waals surface area contributed by atoms with Crippen LogP contribution in [-0.4, -0.2) is 39.8 Å². The second kappa shape index (κ2) is 8.19. The lowest BCUT2D eigenvalue weighted by molar-refractivity contribution is -0.127. The molecule has 0 aromatic heterocycles. The van der Waals surface area contributed by atoms with Gasteiger partial charge in [-0.3, -0.25) is 9.10 Å². The van der Waals surface area contributed by atoms with Crippen LogP contribution >= 0.6 is 11.6 Å². The average molecular weight is 409 g/mol. The van der Waals surface area contributed by atoms with Crippen LogP contribution in [0.25, 0.3) is 0 Å². The van der Waals surface area contributed by atoms with Crippen molar-refractivity contribution in [2.24, 2.45) is 0 Å². The average Bonchev–Trinajstić information content (AvgIpc) is 2.64. The molecule has 0 fully saturated rings. The van der Waals surface area contributed by atoms with Crippen molar-refractivity contribution >= 4 is 33.2 Å². The number of carbonyl (C=O) groups is 1. The standard InChI is InChI=1S/C19H21ClN2O4S/c1-27(24,25)22-13-18(26-17-7-3-2-6-16(17)22)19(23)21-12-4-5-14-8-10-15(20)11-9-14/h2-3,6-11,18H,4-5,12-13H2,1H3,(H,21,23). The van der Waals surface area contributed by atoms with E-state index in [2.05, 4.69) is 5.32 Å². The molecule has 1 atom stereocenters. The number of amides is 1. The molecule has 1 amide bonds. The third-order valence-electron chi connectivity index (χ3n) is 4.28. The van der Waals surface area contributed by atoms with Crippen molar-refractivity contribution < 1.29 is 17.9 Å². The SMILES string of the molecule is CS(=O)(=O)N1CC(C(=O)NCCCc2ccc(Cl)cc2)Oc2ccccc21. The minimum absolute atomic E-state index is 0.0428. The summed E-state index contributed by atoms with van der Waals surface area (Å²) in [6.07, 6.45) is 1.80. The highest BCUT2D eigenvalue weighted by atomic mass is 35.5. The maximum atomic E-state index is 12.5. The summed E-state index contributed by atoms with van der Waals surface area (Å²) in [6, 6.07) is 14.4. The number of nitrogens with zero attached hydrogens (tertiary/aromatic N) is 1. The lowest BCUT2D eigenvalue weighted by atomic mass is 10.1. The zero-order valence-corrected chi connectivity index (χ0v) is 16.5. The number of para-hydroxylation sites is 2. The van der Waals surface area contributed by atoms with Gasteiger partial charge in [-0.05, 0) is 42.7 Å². The molecule has 144 valence electrons. The van der Waals surface area contributed by atoms with E-state index in [1.54, 1.807) is 24.3 Å². The number of halogens is 1. The number of benzene rings is 2. The first-order chi connectivity index (χ1) is 12.8. The molecular weight excluding hydrogens is 388 g/mol. The van der Waals surface area contributed by atoms with Gasteiger partial charge in [0.25, 0.3) is 5.91 Å². The van der Waals surface area contributed by atoms with Crippen LogP contribution in [0.3, 0.4) is 0 Å². The van der Waals surface area contributed by atoms with E-state index in [9.17, 15) is 13.2 Å². The van der Waals surface area contributed by atoms with Crippen LogP contribution < -0.4 is 14.4 Å². The molecule has 3 rings (SSSR count). The van der Waals surface area contributed by atoms with Gasteiger partial charge < -0.3 is 10.1 Å². The van der Waals surface area contributed by atoms with E-state index in [4.69, 9.17) is 16.3 Å². The number of hydrogen-bond donors (Lipinski definition) is 1. The Morgan fingerprint density at radius 2 is 1.93 bits per heavy atom. The summed E-state index contributed by atoms with van der Waals surface area (Å²) >= 11 is 5.86. The first-order valence-corrected chi connectivity index (χ1v) is 10.8. The Bertz CT molecular complexity index is 916. The summed E-state index contributed by atoms with van der Waals surface area (Å²) < 4.78 is 31.1. The van der Waals surface area contributed by atoms with Gasteiger partial charge in [0.2, 0.25) is 10.0 Å². The van der Waals surface area contributed by atoms with Crippen molar-refractivity contribution in [1.29, 1.82) is 0 Å². The molecule has 6 nitrogen and oxygen atoms in total. The number of carbonyl (C=O) groups excluding carboxylic acids is 1. The van der Waals surface area contributed by atoms with Crippen LogP contribution in [-0.2, 0) is 21.2 Å². The zero-order valence-electron chi connectivity index (χ0n) is 14.9. The summed E-state index contributed by atoms with van der Waals surface area (Å²) in [6.45, 7) is 0.431. The van der Waals surface area contributed by atoms with Crippen LogP contribution in [0.5, 0.6) is 5.75 Å². The normalized spacial score (nSPS) is 16.4. The Balaban J connectivity index is 1.58. The Kier molecular flexibility index (Phi) is 5.92. The minimum Gasteiger partial charge on any atom is -0.476 e. The number of hydrogen-bond acceptors (Lipinski definition) is 4. The number of sulfonamides is 1. The summed E-state index contributed by atoms with van der Waals surface area (Å²) in [4.78, 5) is 12.5. The van der Waals surface area contributed by atoms with Crippen molar-refractivity contribution in [3.05, 3.63) is 59.1 Å². The molecular formula is C19H21ClN2O4S. The Morgan fingerprint density at radius 1 is 1.22 bits per heavy atom. The fourth-order valence-corrected chi connectivity index (χ4v) is 3.96. The Morgan fingerprint density at radius 3 is 2.63 bits per heavy atom. The van der Waals surface area contributed by atoms with Crippen LogP contribution in [0.1, 0.15) is 12.0 Å². The number of aryl methyl sites for hydroxylation is 1. The van der Waals surface area contributed by atoms with Crippen molar-refractivity contribution in [2.45, 2.75) is 18.9 Å². The predicted molar refractivity (Wildman–Crippen MR) is 106 cm³/mol. The molecule has 2 aromatic carbocycles. The first kappa shape index (κ1) is 19.5. The molecule has 1 heterocycles. The smallest absolute Gasteiger partial charge is 0.263 e. The van der Waals surface area contributed by atoms with Crippen LogP contribution in [0, 0.1) is 0 Å². The number of rotatable bonds is 6. The van der Waals surface area contributed by atoms with Gasteiger partial charge in [0.05, 0.1) is 18.5 Å². The van der Waals surface area contributed by atoms with Crippen molar-refractivity contribution in [2.75, 3.05) is 23.7 Å². The van der Waals surface area contributed by atoms with E-state index in [-0.39, 0.29) is 12.5 Å². The zero-order chi connectivity index (χ0) is 19.4. The highest BCUT2D eigenvalue weighted by molar-refractivity contribution is 7.92. The van der Waals surface area contributed by atoms with Gasteiger partial charge >= 0.3 is 0 Å². The molecule has 0 spiro atoms. The van der Waals surface area contributed by atoms with E-state index in [1.165, 1.54) is 4.31 Å². The summed E-state index contributed by atoms with van der Waals surface area (Å²) in [7, 11) is -3.51. The lowest BCUT2D eigenvalue weighted by Gasteiger charge is -2.33. The number of nitrogens with one attached hydrogen (secondary N) is 1. The highest BCUT2D eigenvalue weighted by Crippen LogP contribution is 2.34. The molecule has 0 saturated carbocycles. The molecule has 1 unspecified atom stereocenters. The Hall–Kier alpha value is -2.25. The number of fused-ring (bicyclic) bond motifs is 1. The molecule has 0 aliphatic carbocycles. The van der Waals surface area contributed by atoms with E-state index < -0.39 is 16.1 Å². The molecule has 8 heteroatoms. The van der Waals surface area contributed by atoms with Gasteiger partial charge in [-0.2, -0.15) is 0 Å². The fraction of sp³-hybridized carbons (Fsp3) is 0.316. The third kappa shape index (κ3) is 4.93. The Labute approximate surface area is 164 Å². The lowest BCUT2D eigenvalue weighted by Crippen LogP contribution is -2.50. The second-order valence-corrected chi connectivity index (χ2v) is 8.73. The number of ether oxygens (including phenoxy) is 1. The summed E-state index contributed by atoms with van der Waals surface area (Å²) in [5.41, 5.74) is 1.59. The largest absolute Gasteiger partial charge is 0.476 e. The predicted octanol–water partition coefficient (Wildman–Crippen LogP) is 2.62. The van der Waals surface area contributed by atoms with Gasteiger partial charge in [0.1, 0.15) is 5.75 Å². The molecule has 0 saturated heterocycles. The molecule has 1 aliphatic heterocycles. The van der Waals surface area contributed by atoms with E-state index in [1.807, 2.05) is 24.3 Å². The van der Waals surface area contributed by atoms with Crippen LogP contribution in [0.2, 0.25) is 5.02 Å². The molecule has 0 bridgehead atoms. The van der Waals surface area contributed by atoms with Gasteiger partial charge in [-0.1, -0.05) is 35.9 Å². The van der Waals surface area contributed by atoms with Gasteiger partial charge in [-0.25, -0.2) is 8.42 Å². The van der Waals surface area contributed by atoms with Crippen molar-refractivity contribution in [1.82, 2.24) is 5.32 Å². The number of anilines is 1. The molecule has 1 N–H and O–H groups in total. The summed E-state index contributed by atoms with van der Waals surface area (Å²) in [5, 5.41) is 3.52. The molecule has 1 aliphatic rings. The first-order valence-electron chi connectivity index (χ1n) is 8.60. The van der Waals surface area contributed by atoms with E-state index in [0.717, 1.165) is 24.7 Å². The van der Waals surface area contributed by atoms with Crippen LogP contribution in [0.4, 0.5) is 5.69 Å². The van der Waals surface area contributed by atoms with E-state index in [0.29, 0.717) is 23.0 Å². The van der Waals surface area contributed by atoms with Gasteiger partial charge in [0, 0.05) is 11.6 Å². The second-order valence-electron chi connectivity index (χ2n) is 6.39. The highest BCUT2D eigenvalue weighted by Gasteiger charge is 2.34. The van der Waals surface area contributed by atoms with Gasteiger partial charge in [0.15, 0.2) is 6.10 Å². The van der Waals surface area contributed by atoms with Gasteiger partial charge in [-0.15, -0.1) is 0 Å². The van der Waals surface area contributed by atoms with E-state index >= 15 is 0 Å². The van der Waals surface area contributed by atoms with Crippen molar-refractivity contribution in [3.63, 3.8) is 0 Å². The monoisotopic (exact) mass is 408 g/mol. The van der Waals surface area contributed by atoms with Crippen molar-refractivity contribution in [3.8, 4) is 5.75 Å². The molecule has 2 aromatic rings.